The Morgan fingerprint density at radius 2 is 1.95 bits per heavy atom. The summed E-state index contributed by atoms with van der Waals surface area (Å²) in [7, 11) is 3.16. The summed E-state index contributed by atoms with van der Waals surface area (Å²) in [5.74, 6) is 0. The van der Waals surface area contributed by atoms with Crippen LogP contribution in [0.25, 0.3) is 0 Å². The van der Waals surface area contributed by atoms with Crippen molar-refractivity contribution in [3.8, 4) is 0 Å². The van der Waals surface area contributed by atoms with Gasteiger partial charge < -0.3 is 15.5 Å². The van der Waals surface area contributed by atoms with Crippen molar-refractivity contribution in [3.63, 3.8) is 0 Å². The first-order valence-electron chi connectivity index (χ1n) is 5.77. The van der Waals surface area contributed by atoms with Crippen LogP contribution in [0.15, 0.2) is 22.7 Å². The Balaban J connectivity index is 2.64. The van der Waals surface area contributed by atoms with Crippen molar-refractivity contribution in [1.29, 1.82) is 0 Å². The van der Waals surface area contributed by atoms with E-state index in [1.807, 2.05) is 0 Å². The molecule has 0 spiro atoms. The first kappa shape index (κ1) is 16.6. The minimum absolute atomic E-state index is 0.0222. The largest absolute Gasteiger partial charge is 0.418 e. The van der Waals surface area contributed by atoms with Crippen LogP contribution in [0.3, 0.4) is 0 Å². The molecule has 0 aliphatic heterocycles. The number of rotatable bonds is 4. The quantitative estimate of drug-likeness (QED) is 0.816. The molecule has 0 radical (unpaired) electrons. The van der Waals surface area contributed by atoms with Crippen molar-refractivity contribution in [2.24, 2.45) is 0 Å². The van der Waals surface area contributed by atoms with Crippen LogP contribution in [0.4, 0.5) is 23.7 Å². The molecule has 2 amide bonds. The molecule has 112 valence electrons. The van der Waals surface area contributed by atoms with Gasteiger partial charge >= 0.3 is 12.2 Å². The van der Waals surface area contributed by atoms with Crippen molar-refractivity contribution in [1.82, 2.24) is 10.2 Å². The maximum atomic E-state index is 12.8. The van der Waals surface area contributed by atoms with Crippen LogP contribution in [-0.2, 0) is 6.18 Å². The molecule has 0 atom stereocenters. The van der Waals surface area contributed by atoms with E-state index in [-0.39, 0.29) is 24.8 Å². The number of amides is 2. The molecule has 2 N–H and O–H groups in total. The Morgan fingerprint density at radius 3 is 2.50 bits per heavy atom. The molecule has 0 unspecified atom stereocenters. The third-order valence-corrected chi connectivity index (χ3v) is 2.90. The second-order valence-electron chi connectivity index (χ2n) is 4.24. The predicted molar refractivity (Wildman–Crippen MR) is 74.7 cm³/mol. The summed E-state index contributed by atoms with van der Waals surface area (Å²) >= 11 is 3.13. The lowest BCUT2D eigenvalue weighted by molar-refractivity contribution is -0.137. The summed E-state index contributed by atoms with van der Waals surface area (Å²) in [5.41, 5.74) is -0.759. The zero-order valence-electron chi connectivity index (χ0n) is 11.0. The van der Waals surface area contributed by atoms with Crippen molar-refractivity contribution in [2.75, 3.05) is 32.5 Å². The van der Waals surface area contributed by atoms with Crippen LogP contribution in [0, 0.1) is 0 Å². The Kier molecular flexibility index (Phi) is 5.67. The minimum atomic E-state index is -4.42. The lowest BCUT2D eigenvalue weighted by Crippen LogP contribution is -2.37. The van der Waals surface area contributed by atoms with Gasteiger partial charge in [0, 0.05) is 37.3 Å². The minimum Gasteiger partial charge on any atom is -0.383 e. The number of urea groups is 1. The number of anilines is 1. The number of halogens is 4. The highest BCUT2D eigenvalue weighted by atomic mass is 79.9. The number of benzene rings is 1. The van der Waals surface area contributed by atoms with Gasteiger partial charge in [-0.15, -0.1) is 0 Å². The van der Waals surface area contributed by atoms with E-state index in [0.29, 0.717) is 4.47 Å². The van der Waals surface area contributed by atoms with Crippen LogP contribution in [0.5, 0.6) is 0 Å². The third kappa shape index (κ3) is 4.92. The lowest BCUT2D eigenvalue weighted by atomic mass is 10.1. The SMILES string of the molecule is CN(C)C(=O)NCCNc1cc(Br)ccc1C(F)(F)F. The molecule has 0 aliphatic rings. The van der Waals surface area contributed by atoms with E-state index in [2.05, 4.69) is 26.6 Å². The van der Waals surface area contributed by atoms with Gasteiger partial charge in [0.25, 0.3) is 0 Å². The zero-order valence-corrected chi connectivity index (χ0v) is 12.6. The average Bonchev–Trinajstić information content (AvgIpc) is 2.32. The summed E-state index contributed by atoms with van der Waals surface area (Å²) in [4.78, 5) is 12.6. The zero-order chi connectivity index (χ0) is 15.3. The highest BCUT2D eigenvalue weighted by molar-refractivity contribution is 9.10. The standard InChI is InChI=1S/C12H15BrF3N3O/c1-19(2)11(20)18-6-5-17-10-7-8(13)3-4-9(10)12(14,15)16/h3-4,7,17H,5-6H2,1-2H3,(H,18,20). The molecule has 4 nitrogen and oxygen atoms in total. The number of nitrogens with one attached hydrogen (secondary N) is 2. The molecule has 0 saturated carbocycles. The Labute approximate surface area is 123 Å². The smallest absolute Gasteiger partial charge is 0.383 e. The van der Waals surface area contributed by atoms with Gasteiger partial charge in [0.1, 0.15) is 0 Å². The summed E-state index contributed by atoms with van der Waals surface area (Å²) in [5, 5.41) is 5.23. The van der Waals surface area contributed by atoms with E-state index >= 15 is 0 Å². The Hall–Kier alpha value is -1.44. The van der Waals surface area contributed by atoms with E-state index in [1.165, 1.54) is 17.0 Å². The topological polar surface area (TPSA) is 44.4 Å². The highest BCUT2D eigenvalue weighted by Gasteiger charge is 2.33. The van der Waals surface area contributed by atoms with Gasteiger partial charge in [-0.1, -0.05) is 15.9 Å². The maximum absolute atomic E-state index is 12.8. The molecule has 0 heterocycles. The summed E-state index contributed by atoms with van der Waals surface area (Å²) in [6.45, 7) is 0.417. The normalized spacial score (nSPS) is 11.1. The molecule has 1 aromatic rings. The molecule has 20 heavy (non-hydrogen) atoms. The lowest BCUT2D eigenvalue weighted by Gasteiger charge is -2.16. The predicted octanol–water partition coefficient (Wildman–Crippen LogP) is 3.15. The van der Waals surface area contributed by atoms with Gasteiger partial charge in [0.2, 0.25) is 0 Å². The van der Waals surface area contributed by atoms with Crippen molar-refractivity contribution in [3.05, 3.63) is 28.2 Å². The van der Waals surface area contributed by atoms with E-state index in [1.54, 1.807) is 14.1 Å². The van der Waals surface area contributed by atoms with Gasteiger partial charge in [-0.3, -0.25) is 0 Å². The molecular weight excluding hydrogens is 339 g/mol. The van der Waals surface area contributed by atoms with E-state index in [0.717, 1.165) is 6.07 Å². The number of alkyl halides is 3. The number of carbonyl (C=O) groups is 1. The highest BCUT2D eigenvalue weighted by Crippen LogP contribution is 2.36. The number of hydrogen-bond acceptors (Lipinski definition) is 2. The fourth-order valence-corrected chi connectivity index (χ4v) is 1.80. The summed E-state index contributed by atoms with van der Waals surface area (Å²) in [6, 6.07) is 3.40. The van der Waals surface area contributed by atoms with E-state index in [4.69, 9.17) is 0 Å². The molecule has 0 bridgehead atoms. The number of nitrogens with zero attached hydrogens (tertiary/aromatic N) is 1. The summed E-state index contributed by atoms with van der Waals surface area (Å²) < 4.78 is 38.9. The van der Waals surface area contributed by atoms with Gasteiger partial charge in [0.15, 0.2) is 0 Å². The molecule has 8 heteroatoms. The molecule has 0 fully saturated rings. The fourth-order valence-electron chi connectivity index (χ4n) is 1.43. The average molecular weight is 354 g/mol. The van der Waals surface area contributed by atoms with E-state index in [9.17, 15) is 18.0 Å². The maximum Gasteiger partial charge on any atom is 0.418 e. The van der Waals surface area contributed by atoms with Gasteiger partial charge in [0.05, 0.1) is 5.56 Å². The fraction of sp³-hybridized carbons (Fsp3) is 0.417. The molecule has 0 aromatic heterocycles. The number of hydrogen-bond donors (Lipinski definition) is 2. The first-order chi connectivity index (χ1) is 9.21. The van der Waals surface area contributed by atoms with Gasteiger partial charge in [-0.05, 0) is 18.2 Å². The molecule has 1 aromatic carbocycles. The van der Waals surface area contributed by atoms with Gasteiger partial charge in [-0.25, -0.2) is 4.79 Å². The second-order valence-corrected chi connectivity index (χ2v) is 5.16. The summed E-state index contributed by atoms with van der Waals surface area (Å²) in [6.07, 6.45) is -4.42. The van der Waals surface area contributed by atoms with Crippen LogP contribution >= 0.6 is 15.9 Å². The van der Waals surface area contributed by atoms with Crippen molar-refractivity contribution in [2.45, 2.75) is 6.18 Å². The van der Waals surface area contributed by atoms with E-state index < -0.39 is 11.7 Å². The van der Waals surface area contributed by atoms with Crippen LogP contribution in [-0.4, -0.2) is 38.1 Å². The van der Waals surface area contributed by atoms with Crippen LogP contribution < -0.4 is 10.6 Å². The molecule has 1 rings (SSSR count). The van der Waals surface area contributed by atoms with Crippen LogP contribution in [0.1, 0.15) is 5.56 Å². The Morgan fingerprint density at radius 1 is 1.30 bits per heavy atom. The van der Waals surface area contributed by atoms with Crippen molar-refractivity contribution < 1.29 is 18.0 Å². The third-order valence-electron chi connectivity index (χ3n) is 2.41. The molecular formula is C12H15BrF3N3O. The monoisotopic (exact) mass is 353 g/mol. The number of carbonyl (C=O) groups excluding carboxylic acids is 1. The molecule has 0 saturated heterocycles. The second kappa shape index (κ2) is 6.83. The Bertz CT molecular complexity index is 478. The molecule has 0 aliphatic carbocycles. The van der Waals surface area contributed by atoms with Crippen LogP contribution in [0.2, 0.25) is 0 Å². The first-order valence-corrected chi connectivity index (χ1v) is 6.57. The van der Waals surface area contributed by atoms with Gasteiger partial charge in [-0.2, -0.15) is 13.2 Å². The van der Waals surface area contributed by atoms with Crippen molar-refractivity contribution >= 4 is 27.6 Å².